The number of unbranched alkanes of at least 4 members (excludes halogenated alkanes) is 2. The van der Waals surface area contributed by atoms with E-state index in [1.807, 2.05) is 38.1 Å². The molecule has 1 atom stereocenters. The van der Waals surface area contributed by atoms with E-state index in [9.17, 15) is 0 Å². The molecule has 1 unspecified atom stereocenters. The minimum atomic E-state index is -0.242. The van der Waals surface area contributed by atoms with Crippen LogP contribution in [0.4, 0.5) is 0 Å². The van der Waals surface area contributed by atoms with E-state index in [0.29, 0.717) is 6.61 Å². The van der Waals surface area contributed by atoms with Crippen LogP contribution in [0.25, 0.3) is 0 Å². The molecule has 18 heavy (non-hydrogen) atoms. The Labute approximate surface area is 110 Å². The number of para-hydroxylation sites is 1. The average molecular weight is 246 g/mol. The average Bonchev–Trinajstić information content (AvgIpc) is 2.37. The van der Waals surface area contributed by atoms with E-state index in [0.717, 1.165) is 24.2 Å². The Hall–Kier alpha value is -1.46. The molecular weight excluding hydrogens is 224 g/mol. The van der Waals surface area contributed by atoms with Crippen molar-refractivity contribution in [2.24, 2.45) is 0 Å². The molecule has 1 aromatic rings. The van der Waals surface area contributed by atoms with Crippen LogP contribution in [0.1, 0.15) is 45.6 Å². The van der Waals surface area contributed by atoms with Crippen molar-refractivity contribution < 1.29 is 9.47 Å². The maximum Gasteiger partial charge on any atom is 0.197 e. The summed E-state index contributed by atoms with van der Waals surface area (Å²) in [6, 6.07) is 7.83. The molecular formula is C16H22O2. The van der Waals surface area contributed by atoms with Gasteiger partial charge in [0.2, 0.25) is 0 Å². The zero-order chi connectivity index (χ0) is 13.2. The summed E-state index contributed by atoms with van der Waals surface area (Å²) in [7, 11) is 0. The Balaban J connectivity index is 2.69. The molecule has 0 aliphatic rings. The summed E-state index contributed by atoms with van der Waals surface area (Å²) < 4.78 is 11.1. The lowest BCUT2D eigenvalue weighted by molar-refractivity contribution is -0.0614. The minimum absolute atomic E-state index is 0.242. The van der Waals surface area contributed by atoms with Crippen molar-refractivity contribution >= 4 is 0 Å². The lowest BCUT2D eigenvalue weighted by Gasteiger charge is -2.15. The molecule has 0 aromatic heterocycles. The molecule has 0 heterocycles. The number of rotatable bonds is 6. The van der Waals surface area contributed by atoms with Crippen LogP contribution in [0.5, 0.6) is 5.75 Å². The molecule has 0 N–H and O–H groups in total. The first-order valence-electron chi connectivity index (χ1n) is 6.64. The van der Waals surface area contributed by atoms with Crippen molar-refractivity contribution in [1.29, 1.82) is 0 Å². The first-order chi connectivity index (χ1) is 8.77. The second-order valence-electron chi connectivity index (χ2n) is 4.04. The van der Waals surface area contributed by atoms with E-state index in [2.05, 4.69) is 18.8 Å². The van der Waals surface area contributed by atoms with Crippen LogP contribution < -0.4 is 4.74 Å². The van der Waals surface area contributed by atoms with E-state index in [1.54, 1.807) is 0 Å². The molecule has 0 saturated heterocycles. The number of hydrogen-bond donors (Lipinski definition) is 0. The lowest BCUT2D eigenvalue weighted by Crippen LogP contribution is -2.16. The fraction of sp³-hybridized carbons (Fsp3) is 0.500. The van der Waals surface area contributed by atoms with Crippen LogP contribution in [-0.2, 0) is 4.74 Å². The second-order valence-corrected chi connectivity index (χ2v) is 4.04. The summed E-state index contributed by atoms with van der Waals surface area (Å²) in [5.41, 5.74) is 0.931. The Morgan fingerprint density at radius 1 is 1.22 bits per heavy atom. The van der Waals surface area contributed by atoms with Gasteiger partial charge in [-0.1, -0.05) is 37.3 Å². The topological polar surface area (TPSA) is 18.5 Å². The third-order valence-electron chi connectivity index (χ3n) is 2.46. The Kier molecular flexibility index (Phi) is 6.98. The van der Waals surface area contributed by atoms with Gasteiger partial charge in [-0.2, -0.15) is 0 Å². The van der Waals surface area contributed by atoms with Crippen molar-refractivity contribution in [3.05, 3.63) is 29.8 Å². The Morgan fingerprint density at radius 3 is 2.72 bits per heavy atom. The van der Waals surface area contributed by atoms with Gasteiger partial charge in [0.25, 0.3) is 0 Å². The molecule has 2 heteroatoms. The van der Waals surface area contributed by atoms with Crippen molar-refractivity contribution in [2.75, 3.05) is 6.61 Å². The summed E-state index contributed by atoms with van der Waals surface area (Å²) in [6.07, 6.45) is 3.01. The highest BCUT2D eigenvalue weighted by Gasteiger charge is 2.05. The van der Waals surface area contributed by atoms with Gasteiger partial charge in [-0.25, -0.2) is 0 Å². The number of ether oxygens (including phenoxy) is 2. The zero-order valence-corrected chi connectivity index (χ0v) is 11.5. The third kappa shape index (κ3) is 5.25. The normalized spacial score (nSPS) is 11.5. The highest BCUT2D eigenvalue weighted by molar-refractivity contribution is 5.45. The number of benzene rings is 1. The predicted octanol–water partition coefficient (Wildman–Crippen LogP) is 3.99. The summed E-state index contributed by atoms with van der Waals surface area (Å²) in [5.74, 6) is 7.14. The molecule has 1 rings (SSSR count). The molecule has 98 valence electrons. The largest absolute Gasteiger partial charge is 0.464 e. The van der Waals surface area contributed by atoms with Crippen molar-refractivity contribution in [3.63, 3.8) is 0 Å². The predicted molar refractivity (Wildman–Crippen MR) is 74.6 cm³/mol. The molecule has 0 amide bonds. The standard InChI is InChI=1S/C16H22O2/c1-4-6-7-8-11-15-12-9-10-13-16(15)18-14(3)17-5-2/h9-10,12-14H,4-7H2,1-3H3. The van der Waals surface area contributed by atoms with E-state index in [1.165, 1.54) is 6.42 Å². The third-order valence-corrected chi connectivity index (χ3v) is 2.46. The highest BCUT2D eigenvalue weighted by atomic mass is 16.7. The van der Waals surface area contributed by atoms with Crippen LogP contribution >= 0.6 is 0 Å². The zero-order valence-electron chi connectivity index (χ0n) is 11.5. The van der Waals surface area contributed by atoms with Gasteiger partial charge >= 0.3 is 0 Å². The van der Waals surface area contributed by atoms with Gasteiger partial charge in [-0.15, -0.1) is 0 Å². The first kappa shape index (κ1) is 14.6. The summed E-state index contributed by atoms with van der Waals surface area (Å²) in [4.78, 5) is 0. The molecule has 0 bridgehead atoms. The quantitative estimate of drug-likeness (QED) is 0.429. The maximum atomic E-state index is 5.72. The molecule has 0 spiro atoms. The smallest absolute Gasteiger partial charge is 0.197 e. The molecule has 1 aromatic carbocycles. The molecule has 2 nitrogen and oxygen atoms in total. The summed E-state index contributed by atoms with van der Waals surface area (Å²) in [6.45, 7) is 6.66. The van der Waals surface area contributed by atoms with Crippen molar-refractivity contribution in [1.82, 2.24) is 0 Å². The first-order valence-corrected chi connectivity index (χ1v) is 6.64. The van der Waals surface area contributed by atoms with E-state index in [4.69, 9.17) is 9.47 Å². The minimum Gasteiger partial charge on any atom is -0.464 e. The monoisotopic (exact) mass is 246 g/mol. The lowest BCUT2D eigenvalue weighted by atomic mass is 10.2. The Bertz CT molecular complexity index is 401. The van der Waals surface area contributed by atoms with E-state index in [-0.39, 0.29) is 6.29 Å². The molecule has 0 fully saturated rings. The SMILES string of the molecule is CCCCC#Cc1ccccc1OC(C)OCC. The van der Waals surface area contributed by atoms with Crippen LogP contribution in [-0.4, -0.2) is 12.9 Å². The van der Waals surface area contributed by atoms with Crippen LogP contribution in [0.2, 0.25) is 0 Å². The van der Waals surface area contributed by atoms with Gasteiger partial charge in [0.15, 0.2) is 6.29 Å². The van der Waals surface area contributed by atoms with Gasteiger partial charge in [-0.3, -0.25) is 0 Å². The molecule has 0 aliphatic heterocycles. The van der Waals surface area contributed by atoms with Crippen LogP contribution in [0, 0.1) is 11.8 Å². The van der Waals surface area contributed by atoms with Gasteiger partial charge in [0, 0.05) is 13.0 Å². The summed E-state index contributed by atoms with van der Waals surface area (Å²) >= 11 is 0. The molecule has 0 saturated carbocycles. The van der Waals surface area contributed by atoms with Crippen LogP contribution in [0.15, 0.2) is 24.3 Å². The van der Waals surface area contributed by atoms with Crippen molar-refractivity contribution in [2.45, 2.75) is 46.3 Å². The molecule has 0 aliphatic carbocycles. The highest BCUT2D eigenvalue weighted by Crippen LogP contribution is 2.18. The maximum absolute atomic E-state index is 5.72. The van der Waals surface area contributed by atoms with Gasteiger partial charge < -0.3 is 9.47 Å². The summed E-state index contributed by atoms with van der Waals surface area (Å²) in [5, 5.41) is 0. The number of hydrogen-bond acceptors (Lipinski definition) is 2. The van der Waals surface area contributed by atoms with Gasteiger partial charge in [0.1, 0.15) is 5.75 Å². The Morgan fingerprint density at radius 2 is 2.00 bits per heavy atom. The van der Waals surface area contributed by atoms with Gasteiger partial charge in [0.05, 0.1) is 5.56 Å². The van der Waals surface area contributed by atoms with Crippen LogP contribution in [0.3, 0.4) is 0 Å². The second kappa shape index (κ2) is 8.60. The van der Waals surface area contributed by atoms with Gasteiger partial charge in [-0.05, 0) is 32.4 Å². The molecule has 0 radical (unpaired) electrons. The fourth-order valence-corrected chi connectivity index (χ4v) is 1.54. The van der Waals surface area contributed by atoms with E-state index >= 15 is 0 Å². The van der Waals surface area contributed by atoms with Crippen molar-refractivity contribution in [3.8, 4) is 17.6 Å². The van der Waals surface area contributed by atoms with E-state index < -0.39 is 0 Å². The fourth-order valence-electron chi connectivity index (χ4n) is 1.54.